The maximum absolute atomic E-state index is 11.7. The lowest BCUT2D eigenvalue weighted by atomic mass is 10.2. The van der Waals surface area contributed by atoms with Crippen LogP contribution in [0.25, 0.3) is 5.82 Å². The van der Waals surface area contributed by atoms with E-state index in [0.29, 0.717) is 19.6 Å². The highest BCUT2D eigenvalue weighted by Crippen LogP contribution is 2.10. The minimum Gasteiger partial charge on any atom is -0.444 e. The molecule has 0 unspecified atom stereocenters. The molecular formula is C22H36IN7O2. The highest BCUT2D eigenvalue weighted by atomic mass is 127. The monoisotopic (exact) mass is 557 g/mol. The number of pyridine rings is 1. The van der Waals surface area contributed by atoms with E-state index < -0.39 is 11.7 Å². The van der Waals surface area contributed by atoms with Gasteiger partial charge in [0.15, 0.2) is 11.8 Å². The van der Waals surface area contributed by atoms with Crippen LogP contribution in [0.15, 0.2) is 29.4 Å². The predicted molar refractivity (Wildman–Crippen MR) is 138 cm³/mol. The number of aliphatic imine (C=N–C) groups is 1. The summed E-state index contributed by atoms with van der Waals surface area (Å²) in [5, 5.41) is 13.7. The van der Waals surface area contributed by atoms with Gasteiger partial charge < -0.3 is 20.7 Å². The van der Waals surface area contributed by atoms with Gasteiger partial charge in [0.2, 0.25) is 0 Å². The summed E-state index contributed by atoms with van der Waals surface area (Å²) in [5.74, 6) is 1.52. The van der Waals surface area contributed by atoms with Crippen molar-refractivity contribution in [2.45, 2.75) is 60.1 Å². The molecule has 1 amide bonds. The van der Waals surface area contributed by atoms with E-state index in [1.165, 1.54) is 0 Å². The second-order valence-corrected chi connectivity index (χ2v) is 8.27. The number of hydrogen-bond acceptors (Lipinski definition) is 5. The normalized spacial score (nSPS) is 11.5. The van der Waals surface area contributed by atoms with E-state index in [-0.39, 0.29) is 24.0 Å². The van der Waals surface area contributed by atoms with Crippen molar-refractivity contribution in [1.29, 1.82) is 0 Å². The van der Waals surface area contributed by atoms with Crippen molar-refractivity contribution in [1.82, 2.24) is 30.7 Å². The van der Waals surface area contributed by atoms with Crippen molar-refractivity contribution >= 4 is 36.0 Å². The first-order valence-electron chi connectivity index (χ1n) is 10.7. The number of carbonyl (C=O) groups is 1. The number of halogens is 1. The van der Waals surface area contributed by atoms with Gasteiger partial charge in [0, 0.05) is 31.5 Å². The van der Waals surface area contributed by atoms with Crippen molar-refractivity contribution in [3.05, 3.63) is 41.3 Å². The summed E-state index contributed by atoms with van der Waals surface area (Å²) < 4.78 is 7.05. The first-order valence-corrected chi connectivity index (χ1v) is 10.7. The van der Waals surface area contributed by atoms with Gasteiger partial charge in [-0.3, -0.25) is 0 Å². The number of rotatable bonds is 8. The SMILES string of the molecule is CCNC(=NCc1ccc(-n2nc(C)cc2C)nc1)NCCCNC(=O)OC(C)(C)C.I. The zero-order valence-corrected chi connectivity index (χ0v) is 22.2. The molecule has 3 N–H and O–H groups in total. The fraction of sp³-hybridized carbons (Fsp3) is 0.545. The van der Waals surface area contributed by atoms with Crippen LogP contribution >= 0.6 is 24.0 Å². The second kappa shape index (κ2) is 13.2. The van der Waals surface area contributed by atoms with E-state index in [9.17, 15) is 4.79 Å². The molecule has 2 aromatic heterocycles. The number of aromatic nitrogens is 3. The van der Waals surface area contributed by atoms with Gasteiger partial charge in [-0.2, -0.15) is 5.10 Å². The summed E-state index contributed by atoms with van der Waals surface area (Å²) in [6.07, 6.45) is 2.18. The smallest absolute Gasteiger partial charge is 0.407 e. The van der Waals surface area contributed by atoms with E-state index in [4.69, 9.17) is 4.74 Å². The fourth-order valence-electron chi connectivity index (χ4n) is 2.81. The Bertz CT molecular complexity index is 873. The van der Waals surface area contributed by atoms with E-state index in [2.05, 4.69) is 31.0 Å². The number of alkyl carbamates (subject to hydrolysis) is 1. The van der Waals surface area contributed by atoms with Crippen molar-refractivity contribution in [2.24, 2.45) is 4.99 Å². The van der Waals surface area contributed by atoms with Gasteiger partial charge in [-0.25, -0.2) is 19.5 Å². The van der Waals surface area contributed by atoms with Crippen LogP contribution in [0.1, 0.15) is 51.1 Å². The van der Waals surface area contributed by atoms with Gasteiger partial charge in [-0.15, -0.1) is 24.0 Å². The number of carbonyl (C=O) groups excluding carboxylic acids is 1. The molecule has 0 fully saturated rings. The number of aryl methyl sites for hydroxylation is 2. The van der Waals surface area contributed by atoms with Crippen molar-refractivity contribution < 1.29 is 9.53 Å². The van der Waals surface area contributed by atoms with Crippen LogP contribution in [-0.4, -0.2) is 52.1 Å². The molecule has 0 aliphatic carbocycles. The van der Waals surface area contributed by atoms with Gasteiger partial charge in [0.05, 0.1) is 12.2 Å². The second-order valence-electron chi connectivity index (χ2n) is 8.27. The summed E-state index contributed by atoms with van der Waals surface area (Å²) in [5.41, 5.74) is 2.54. The first kappa shape index (κ1) is 27.7. The third-order valence-corrected chi connectivity index (χ3v) is 4.11. The van der Waals surface area contributed by atoms with Gasteiger partial charge in [0.25, 0.3) is 0 Å². The summed E-state index contributed by atoms with van der Waals surface area (Å²) in [6.45, 7) is 14.0. The molecule has 0 atom stereocenters. The Labute approximate surface area is 207 Å². The number of nitrogens with one attached hydrogen (secondary N) is 3. The molecule has 2 rings (SSSR count). The van der Waals surface area contributed by atoms with Crippen LogP contribution < -0.4 is 16.0 Å². The Morgan fingerprint density at radius 2 is 1.88 bits per heavy atom. The molecule has 178 valence electrons. The zero-order chi connectivity index (χ0) is 22.9. The Hall–Kier alpha value is -2.37. The van der Waals surface area contributed by atoms with E-state index in [0.717, 1.165) is 41.7 Å². The molecule has 0 spiro atoms. The van der Waals surface area contributed by atoms with E-state index >= 15 is 0 Å². The lowest BCUT2D eigenvalue weighted by Gasteiger charge is -2.19. The molecule has 32 heavy (non-hydrogen) atoms. The first-order chi connectivity index (χ1) is 14.7. The van der Waals surface area contributed by atoms with Crippen LogP contribution in [0, 0.1) is 13.8 Å². The average molecular weight is 557 g/mol. The van der Waals surface area contributed by atoms with Crippen LogP contribution in [0.3, 0.4) is 0 Å². The van der Waals surface area contributed by atoms with Crippen LogP contribution in [0.5, 0.6) is 0 Å². The largest absolute Gasteiger partial charge is 0.444 e. The third-order valence-electron chi connectivity index (χ3n) is 4.11. The Morgan fingerprint density at radius 3 is 2.44 bits per heavy atom. The quantitative estimate of drug-likeness (QED) is 0.199. The summed E-state index contributed by atoms with van der Waals surface area (Å²) >= 11 is 0. The molecule has 9 nitrogen and oxygen atoms in total. The van der Waals surface area contributed by atoms with E-state index in [1.807, 2.05) is 70.6 Å². The number of amides is 1. The van der Waals surface area contributed by atoms with Crippen molar-refractivity contribution in [2.75, 3.05) is 19.6 Å². The van der Waals surface area contributed by atoms with Crippen molar-refractivity contribution in [3.63, 3.8) is 0 Å². The molecule has 0 saturated carbocycles. The van der Waals surface area contributed by atoms with Gasteiger partial charge in [0.1, 0.15) is 5.60 Å². The zero-order valence-electron chi connectivity index (χ0n) is 19.9. The number of guanidine groups is 1. The minimum absolute atomic E-state index is 0. The number of hydrogen-bond donors (Lipinski definition) is 3. The molecule has 0 bridgehead atoms. The highest BCUT2D eigenvalue weighted by Gasteiger charge is 2.15. The van der Waals surface area contributed by atoms with Gasteiger partial charge in [-0.1, -0.05) is 6.07 Å². The number of nitrogens with zero attached hydrogens (tertiary/aromatic N) is 4. The molecule has 0 aliphatic heterocycles. The third kappa shape index (κ3) is 9.84. The summed E-state index contributed by atoms with van der Waals surface area (Å²) in [7, 11) is 0. The Morgan fingerprint density at radius 1 is 1.16 bits per heavy atom. The minimum atomic E-state index is -0.490. The molecule has 0 aliphatic rings. The summed E-state index contributed by atoms with van der Waals surface area (Å²) in [4.78, 5) is 20.8. The average Bonchev–Trinajstić information content (AvgIpc) is 3.02. The number of ether oxygens (including phenoxy) is 1. The molecule has 10 heteroatoms. The molecule has 2 heterocycles. The van der Waals surface area contributed by atoms with Crippen LogP contribution in [0.4, 0.5) is 4.79 Å². The lowest BCUT2D eigenvalue weighted by Crippen LogP contribution is -2.39. The Balaban J connectivity index is 0.00000512. The van der Waals surface area contributed by atoms with Crippen LogP contribution in [0.2, 0.25) is 0 Å². The standard InChI is InChI=1S/C22H35N7O2.HI/c1-7-23-20(24-11-8-12-25-21(30)31-22(4,5)6)27-15-18-9-10-19(26-14-18)29-17(3)13-16(2)28-29;/h9-10,13-14H,7-8,11-12,15H2,1-6H3,(H,25,30)(H2,23,24,27);1H. The maximum atomic E-state index is 11.7. The maximum Gasteiger partial charge on any atom is 0.407 e. The summed E-state index contributed by atoms with van der Waals surface area (Å²) in [6, 6.07) is 5.99. The molecule has 0 radical (unpaired) electrons. The topological polar surface area (TPSA) is 105 Å². The van der Waals surface area contributed by atoms with Crippen molar-refractivity contribution in [3.8, 4) is 5.82 Å². The van der Waals surface area contributed by atoms with Gasteiger partial charge in [-0.05, 0) is 65.7 Å². The molecule has 0 aromatic carbocycles. The van der Waals surface area contributed by atoms with Gasteiger partial charge >= 0.3 is 6.09 Å². The van der Waals surface area contributed by atoms with Crippen LogP contribution in [-0.2, 0) is 11.3 Å². The Kier molecular flexibility index (Phi) is 11.4. The molecule has 0 saturated heterocycles. The molecule has 2 aromatic rings. The predicted octanol–water partition coefficient (Wildman–Crippen LogP) is 3.47. The fourth-order valence-corrected chi connectivity index (χ4v) is 2.81. The van der Waals surface area contributed by atoms with E-state index in [1.54, 1.807) is 0 Å². The lowest BCUT2D eigenvalue weighted by molar-refractivity contribution is 0.0527. The highest BCUT2D eigenvalue weighted by molar-refractivity contribution is 14.0. The molecular weight excluding hydrogens is 521 g/mol.